The molecule has 4 atom stereocenters. The van der Waals surface area contributed by atoms with E-state index in [0.717, 1.165) is 0 Å². The molecule has 2 aromatic carbocycles. The van der Waals surface area contributed by atoms with Crippen molar-refractivity contribution in [1.82, 2.24) is 10.1 Å². The molecule has 2 aliphatic heterocycles. The van der Waals surface area contributed by atoms with Crippen LogP contribution in [0.15, 0.2) is 46.2 Å². The molecule has 4 amide bonds. The SMILES string of the molecule is O=C1C2CC3C(=O)N(OS(=O)(=O)c4cc(C(F)(F)F)cc(C(F)(F)F)c4)C(=O)C3CC2C(=O)N1OS(=O)(=O)c1cc(C(F)(F)F)cc(C(F)(F)F)c1. The second kappa shape index (κ2) is 12.1. The summed E-state index contributed by atoms with van der Waals surface area (Å²) in [5.74, 6) is -13.6. The van der Waals surface area contributed by atoms with Gasteiger partial charge in [-0.3, -0.25) is 19.2 Å². The minimum Gasteiger partial charge on any atom is -0.272 e. The maximum Gasteiger partial charge on any atom is 0.416 e. The monoisotopic (exact) mass is 806 g/mol. The molecule has 3 aliphatic rings. The first-order chi connectivity index (χ1) is 23.4. The average molecular weight is 807 g/mol. The standard InChI is InChI=1S/C26H14F12N2O10S2/c27-23(28,29)9-1-10(24(30,31)32)4-13(3-9)51(45,46)49-39-19(41)15-7-17-18(8-16(15)20(39)42)22(44)40(21(17)43)50-52(47,48)14-5-11(25(33,34)35)2-12(6-14)26(36,37)38/h1-6,15-18H,7-8H2. The Morgan fingerprint density at radius 2 is 0.654 bits per heavy atom. The maximum absolute atomic E-state index is 13.2. The van der Waals surface area contributed by atoms with Crippen molar-refractivity contribution < 1.29 is 97.3 Å². The Balaban J connectivity index is 1.38. The van der Waals surface area contributed by atoms with Crippen LogP contribution >= 0.6 is 0 Å². The predicted molar refractivity (Wildman–Crippen MR) is 136 cm³/mol. The normalized spacial score (nSPS) is 23.4. The Kier molecular flexibility index (Phi) is 9.07. The molecule has 12 nitrogen and oxygen atoms in total. The quantitative estimate of drug-likeness (QED) is 0.296. The van der Waals surface area contributed by atoms with Crippen LogP contribution in [0.25, 0.3) is 0 Å². The van der Waals surface area contributed by atoms with Crippen molar-refractivity contribution in [3.8, 4) is 0 Å². The summed E-state index contributed by atoms with van der Waals surface area (Å²) in [4.78, 5) is 48.6. The van der Waals surface area contributed by atoms with Gasteiger partial charge in [-0.1, -0.05) is 0 Å². The van der Waals surface area contributed by atoms with E-state index in [1.54, 1.807) is 0 Å². The second-order valence-electron chi connectivity index (χ2n) is 11.4. The lowest BCUT2D eigenvalue weighted by molar-refractivity contribution is -0.166. The van der Waals surface area contributed by atoms with Gasteiger partial charge >= 0.3 is 44.9 Å². The summed E-state index contributed by atoms with van der Waals surface area (Å²) < 4.78 is 219. The number of nitrogens with zero attached hydrogens (tertiary/aromatic N) is 2. The smallest absolute Gasteiger partial charge is 0.272 e. The van der Waals surface area contributed by atoms with Crippen molar-refractivity contribution in [2.45, 2.75) is 47.3 Å². The van der Waals surface area contributed by atoms with Gasteiger partial charge in [-0.05, 0) is 49.2 Å². The van der Waals surface area contributed by atoms with Gasteiger partial charge in [0.05, 0.1) is 55.7 Å². The number of carbonyl (C=O) groups is 4. The molecule has 26 heteroatoms. The number of amides is 4. The fourth-order valence-corrected chi connectivity index (χ4v) is 7.63. The Labute approximate surface area is 281 Å². The molecule has 2 heterocycles. The number of carbonyl (C=O) groups excluding carboxylic acids is 4. The summed E-state index contributed by atoms with van der Waals surface area (Å²) in [7, 11) is -11.6. The third-order valence-electron chi connectivity index (χ3n) is 8.10. The molecular weight excluding hydrogens is 792 g/mol. The molecule has 52 heavy (non-hydrogen) atoms. The molecule has 1 aliphatic carbocycles. The molecule has 2 saturated heterocycles. The maximum atomic E-state index is 13.2. The largest absolute Gasteiger partial charge is 0.416 e. The minimum absolute atomic E-state index is 0.281. The van der Waals surface area contributed by atoms with Crippen LogP contribution in [-0.4, -0.2) is 50.6 Å². The Bertz CT molecular complexity index is 1860. The topological polar surface area (TPSA) is 161 Å². The first-order valence-corrected chi connectivity index (χ1v) is 16.5. The number of alkyl halides is 12. The average Bonchev–Trinajstić information content (AvgIpc) is 3.37. The van der Waals surface area contributed by atoms with Crippen LogP contribution in [0.5, 0.6) is 0 Å². The lowest BCUT2D eigenvalue weighted by Gasteiger charge is -2.27. The van der Waals surface area contributed by atoms with Crippen LogP contribution in [0.2, 0.25) is 0 Å². The predicted octanol–water partition coefficient (Wildman–Crippen LogP) is 4.70. The lowest BCUT2D eigenvalue weighted by atomic mass is 9.70. The highest BCUT2D eigenvalue weighted by molar-refractivity contribution is 7.87. The number of hydrogen-bond donors (Lipinski definition) is 0. The van der Waals surface area contributed by atoms with E-state index >= 15 is 0 Å². The summed E-state index contributed by atoms with van der Waals surface area (Å²) in [5.41, 5.74) is -8.43. The van der Waals surface area contributed by atoms with E-state index < -0.39 is 159 Å². The number of rotatable bonds is 6. The van der Waals surface area contributed by atoms with Crippen LogP contribution < -0.4 is 0 Å². The number of benzene rings is 2. The van der Waals surface area contributed by atoms with Gasteiger partial charge in [-0.15, -0.1) is 18.7 Å². The van der Waals surface area contributed by atoms with Crippen molar-refractivity contribution in [2.75, 3.05) is 0 Å². The summed E-state index contributed by atoms with van der Waals surface area (Å²) in [6.07, 6.45) is -23.9. The van der Waals surface area contributed by atoms with Gasteiger partial charge in [0.2, 0.25) is 0 Å². The fraction of sp³-hybridized carbons (Fsp3) is 0.385. The van der Waals surface area contributed by atoms with E-state index in [1.165, 1.54) is 0 Å². The molecule has 0 bridgehead atoms. The summed E-state index contributed by atoms with van der Waals surface area (Å²) in [5, 5.41) is -1.03. The third-order valence-corrected chi connectivity index (χ3v) is 10.4. The van der Waals surface area contributed by atoms with Gasteiger partial charge in [-0.25, -0.2) is 0 Å². The van der Waals surface area contributed by atoms with Gasteiger partial charge in [0.15, 0.2) is 0 Å². The van der Waals surface area contributed by atoms with Crippen LogP contribution in [-0.2, 0) is 72.7 Å². The zero-order valence-electron chi connectivity index (χ0n) is 24.5. The second-order valence-corrected chi connectivity index (χ2v) is 14.4. The summed E-state index contributed by atoms with van der Waals surface area (Å²) >= 11 is 0. The Morgan fingerprint density at radius 3 is 0.846 bits per heavy atom. The van der Waals surface area contributed by atoms with Crippen molar-refractivity contribution in [3.63, 3.8) is 0 Å². The fourth-order valence-electron chi connectivity index (χ4n) is 5.69. The number of hydroxylamine groups is 4. The lowest BCUT2D eigenvalue weighted by Crippen LogP contribution is -2.35. The van der Waals surface area contributed by atoms with E-state index in [2.05, 4.69) is 8.57 Å². The van der Waals surface area contributed by atoms with E-state index in [1.807, 2.05) is 0 Å². The van der Waals surface area contributed by atoms with E-state index in [0.29, 0.717) is 0 Å². The van der Waals surface area contributed by atoms with E-state index in [4.69, 9.17) is 0 Å². The van der Waals surface area contributed by atoms with E-state index in [9.17, 15) is 88.7 Å². The van der Waals surface area contributed by atoms with Gasteiger partial charge in [0.25, 0.3) is 23.6 Å². The number of halogens is 12. The highest BCUT2D eigenvalue weighted by atomic mass is 32.2. The molecule has 5 rings (SSSR count). The highest BCUT2D eigenvalue weighted by Gasteiger charge is 2.62. The molecule has 0 spiro atoms. The van der Waals surface area contributed by atoms with Crippen LogP contribution in [0.1, 0.15) is 35.1 Å². The number of fused-ring (bicyclic) bond motifs is 2. The Morgan fingerprint density at radius 1 is 0.442 bits per heavy atom. The van der Waals surface area contributed by atoms with Crippen LogP contribution in [0.4, 0.5) is 52.7 Å². The van der Waals surface area contributed by atoms with Gasteiger partial charge in [-0.2, -0.15) is 69.5 Å². The molecule has 0 N–H and O–H groups in total. The van der Waals surface area contributed by atoms with Crippen molar-refractivity contribution in [1.29, 1.82) is 0 Å². The summed E-state index contributed by atoms with van der Waals surface area (Å²) in [6, 6.07) is -1.98. The van der Waals surface area contributed by atoms with Crippen molar-refractivity contribution >= 4 is 43.9 Å². The Hall–Kier alpha value is -4.30. The number of hydrogen-bond acceptors (Lipinski definition) is 10. The zero-order chi connectivity index (χ0) is 39.3. The summed E-state index contributed by atoms with van der Waals surface area (Å²) in [6.45, 7) is 0. The first-order valence-electron chi connectivity index (χ1n) is 13.7. The first kappa shape index (κ1) is 38.9. The van der Waals surface area contributed by atoms with Crippen LogP contribution in [0, 0.1) is 23.7 Å². The molecule has 0 radical (unpaired) electrons. The molecule has 284 valence electrons. The van der Waals surface area contributed by atoms with Gasteiger partial charge in [0, 0.05) is 0 Å². The zero-order valence-corrected chi connectivity index (χ0v) is 26.1. The molecule has 1 saturated carbocycles. The van der Waals surface area contributed by atoms with Crippen molar-refractivity contribution in [2.24, 2.45) is 23.7 Å². The minimum atomic E-state index is -5.82. The highest BCUT2D eigenvalue weighted by Crippen LogP contribution is 2.49. The molecule has 2 aromatic rings. The van der Waals surface area contributed by atoms with Crippen LogP contribution in [0.3, 0.4) is 0 Å². The number of imide groups is 2. The van der Waals surface area contributed by atoms with Gasteiger partial charge < -0.3 is 0 Å². The molecular formula is C26H14F12N2O10S2. The molecule has 3 fully saturated rings. The molecule has 4 unspecified atom stereocenters. The molecule has 0 aromatic heterocycles. The third kappa shape index (κ3) is 7.06. The van der Waals surface area contributed by atoms with Gasteiger partial charge in [0.1, 0.15) is 0 Å². The van der Waals surface area contributed by atoms with E-state index in [-0.39, 0.29) is 24.3 Å². The van der Waals surface area contributed by atoms with Crippen molar-refractivity contribution in [3.05, 3.63) is 58.7 Å².